The summed E-state index contributed by atoms with van der Waals surface area (Å²) in [4.78, 5) is 50.4. The molecule has 2 aromatic rings. The van der Waals surface area contributed by atoms with Gasteiger partial charge in [-0.05, 0) is 57.0 Å². The Balaban J connectivity index is 1.84. The topological polar surface area (TPSA) is 143 Å². The van der Waals surface area contributed by atoms with E-state index in [1.54, 1.807) is 49.9 Å². The number of nitrogens with one attached hydrogen (secondary N) is 3. The van der Waals surface area contributed by atoms with Crippen molar-refractivity contribution in [3.63, 3.8) is 0 Å². The van der Waals surface area contributed by atoms with E-state index < -0.39 is 23.0 Å². The quantitative estimate of drug-likeness (QED) is 0.237. The van der Waals surface area contributed by atoms with Crippen LogP contribution in [0.1, 0.15) is 52.1 Å². The van der Waals surface area contributed by atoms with Gasteiger partial charge in [-0.3, -0.25) is 15.0 Å². The molecular formula is C26H31N5O6. The minimum Gasteiger partial charge on any atom is -0.459 e. The Morgan fingerprint density at radius 3 is 2.43 bits per heavy atom. The van der Waals surface area contributed by atoms with Crippen LogP contribution in [0.2, 0.25) is 0 Å². The number of benzene rings is 2. The van der Waals surface area contributed by atoms with Crippen LogP contribution in [0.25, 0.3) is 0 Å². The SMILES string of the molecule is CCCCN1C(=O)NC(c2cccc(NC(=O)Nc3ccc([N+](=O)[O-])cc3)c2)C(C(=O)OC(C)C)=C1C. The molecule has 1 heterocycles. The van der Waals surface area contributed by atoms with E-state index in [4.69, 9.17) is 4.74 Å². The van der Waals surface area contributed by atoms with Crippen LogP contribution in [0.15, 0.2) is 59.8 Å². The first-order valence-electron chi connectivity index (χ1n) is 12.0. The van der Waals surface area contributed by atoms with Crippen LogP contribution < -0.4 is 16.0 Å². The fraction of sp³-hybridized carbons (Fsp3) is 0.346. The highest BCUT2D eigenvalue weighted by Gasteiger charge is 2.36. The molecule has 1 aliphatic rings. The van der Waals surface area contributed by atoms with Crippen molar-refractivity contribution in [2.24, 2.45) is 0 Å². The maximum atomic E-state index is 13.1. The van der Waals surface area contributed by atoms with Crippen LogP contribution >= 0.6 is 0 Å². The summed E-state index contributed by atoms with van der Waals surface area (Å²) in [5.41, 5.74) is 2.17. The number of nitro groups is 1. The first kappa shape index (κ1) is 27.2. The van der Waals surface area contributed by atoms with Gasteiger partial charge in [-0.15, -0.1) is 0 Å². The third kappa shape index (κ3) is 6.84. The van der Waals surface area contributed by atoms with Gasteiger partial charge in [0, 0.05) is 35.7 Å². The average molecular weight is 510 g/mol. The zero-order chi connectivity index (χ0) is 27.1. The Kier molecular flexibility index (Phi) is 8.83. The number of carbonyl (C=O) groups is 3. The van der Waals surface area contributed by atoms with Gasteiger partial charge in [0.25, 0.3) is 5.69 Å². The Morgan fingerprint density at radius 1 is 1.14 bits per heavy atom. The number of nitro benzene ring substituents is 1. The van der Waals surface area contributed by atoms with Crippen LogP contribution in [-0.2, 0) is 9.53 Å². The van der Waals surface area contributed by atoms with Crippen LogP contribution in [0.3, 0.4) is 0 Å². The van der Waals surface area contributed by atoms with Crippen molar-refractivity contribution in [3.05, 3.63) is 75.5 Å². The molecule has 37 heavy (non-hydrogen) atoms. The van der Waals surface area contributed by atoms with Crippen molar-refractivity contribution in [1.82, 2.24) is 10.2 Å². The number of hydrogen-bond donors (Lipinski definition) is 3. The van der Waals surface area contributed by atoms with E-state index in [-0.39, 0.29) is 17.8 Å². The Morgan fingerprint density at radius 2 is 1.81 bits per heavy atom. The summed E-state index contributed by atoms with van der Waals surface area (Å²) in [6.07, 6.45) is 1.33. The van der Waals surface area contributed by atoms with E-state index in [0.29, 0.717) is 34.8 Å². The Hall–Kier alpha value is -4.41. The van der Waals surface area contributed by atoms with Crippen LogP contribution in [-0.4, -0.2) is 40.5 Å². The number of urea groups is 2. The maximum Gasteiger partial charge on any atom is 0.338 e. The first-order valence-corrected chi connectivity index (χ1v) is 12.0. The molecule has 0 spiro atoms. The Labute approximate surface area is 215 Å². The third-order valence-electron chi connectivity index (χ3n) is 5.71. The molecule has 4 amide bonds. The molecule has 3 N–H and O–H groups in total. The number of amides is 4. The number of allylic oxidation sites excluding steroid dienone is 1. The lowest BCUT2D eigenvalue weighted by Gasteiger charge is -2.35. The van der Waals surface area contributed by atoms with Gasteiger partial charge < -0.3 is 20.7 Å². The molecule has 0 saturated carbocycles. The van der Waals surface area contributed by atoms with E-state index in [9.17, 15) is 24.5 Å². The van der Waals surface area contributed by atoms with E-state index in [1.165, 1.54) is 24.3 Å². The number of rotatable bonds is 9. The summed E-state index contributed by atoms with van der Waals surface area (Å²) in [5, 5.41) is 19.0. The van der Waals surface area contributed by atoms with Gasteiger partial charge in [-0.1, -0.05) is 25.5 Å². The molecule has 1 atom stereocenters. The van der Waals surface area contributed by atoms with Crippen molar-refractivity contribution in [2.45, 2.75) is 52.7 Å². The highest BCUT2D eigenvalue weighted by Crippen LogP contribution is 2.33. The molecule has 2 aromatic carbocycles. The fourth-order valence-corrected chi connectivity index (χ4v) is 3.91. The predicted octanol–water partition coefficient (Wildman–Crippen LogP) is 5.33. The number of esters is 1. The van der Waals surface area contributed by atoms with E-state index >= 15 is 0 Å². The van der Waals surface area contributed by atoms with Crippen molar-refractivity contribution < 1.29 is 24.0 Å². The van der Waals surface area contributed by atoms with Gasteiger partial charge in [0.1, 0.15) is 0 Å². The highest BCUT2D eigenvalue weighted by atomic mass is 16.6. The summed E-state index contributed by atoms with van der Waals surface area (Å²) in [5.74, 6) is -0.520. The van der Waals surface area contributed by atoms with Crippen LogP contribution in [0.4, 0.5) is 26.7 Å². The van der Waals surface area contributed by atoms with Gasteiger partial charge in [0.15, 0.2) is 0 Å². The first-order chi connectivity index (χ1) is 17.6. The summed E-state index contributed by atoms with van der Waals surface area (Å²) in [7, 11) is 0. The van der Waals surface area contributed by atoms with Crippen molar-refractivity contribution in [2.75, 3.05) is 17.2 Å². The number of ether oxygens (including phenoxy) is 1. The smallest absolute Gasteiger partial charge is 0.338 e. The molecule has 196 valence electrons. The van der Waals surface area contributed by atoms with Crippen molar-refractivity contribution in [3.8, 4) is 0 Å². The largest absolute Gasteiger partial charge is 0.459 e. The molecule has 0 bridgehead atoms. The molecule has 3 rings (SSSR count). The van der Waals surface area contributed by atoms with E-state index in [1.807, 2.05) is 6.92 Å². The summed E-state index contributed by atoms with van der Waals surface area (Å²) < 4.78 is 5.49. The van der Waals surface area contributed by atoms with Gasteiger partial charge in [-0.25, -0.2) is 14.4 Å². The molecule has 0 fully saturated rings. The van der Waals surface area contributed by atoms with Gasteiger partial charge in [0.05, 0.1) is 22.6 Å². The number of anilines is 2. The summed E-state index contributed by atoms with van der Waals surface area (Å²) in [6, 6.07) is 10.6. The molecule has 0 aliphatic carbocycles. The second-order valence-corrected chi connectivity index (χ2v) is 8.85. The van der Waals surface area contributed by atoms with E-state index in [0.717, 1.165) is 12.8 Å². The van der Waals surface area contributed by atoms with Crippen molar-refractivity contribution >= 4 is 35.1 Å². The zero-order valence-electron chi connectivity index (χ0n) is 21.2. The third-order valence-corrected chi connectivity index (χ3v) is 5.71. The van der Waals surface area contributed by atoms with Crippen molar-refractivity contribution in [1.29, 1.82) is 0 Å². The molecule has 0 saturated heterocycles. The minimum atomic E-state index is -0.767. The lowest BCUT2D eigenvalue weighted by Crippen LogP contribution is -2.48. The lowest BCUT2D eigenvalue weighted by atomic mass is 9.94. The summed E-state index contributed by atoms with van der Waals surface area (Å²) >= 11 is 0. The standard InChI is InChI=1S/C26H31N5O6/c1-5-6-14-30-17(4)22(24(32)37-16(2)3)23(29-26(30)34)18-8-7-9-20(15-18)28-25(33)27-19-10-12-21(13-11-19)31(35)36/h7-13,15-16,23H,5-6,14H2,1-4H3,(H,29,34)(H2,27,28,33). The molecule has 1 unspecified atom stereocenters. The zero-order valence-corrected chi connectivity index (χ0v) is 21.2. The fourth-order valence-electron chi connectivity index (χ4n) is 3.91. The monoisotopic (exact) mass is 509 g/mol. The Bertz CT molecular complexity index is 1210. The maximum absolute atomic E-state index is 13.1. The molecule has 0 radical (unpaired) electrons. The van der Waals surface area contributed by atoms with E-state index in [2.05, 4.69) is 16.0 Å². The second-order valence-electron chi connectivity index (χ2n) is 8.85. The molecule has 0 aromatic heterocycles. The minimum absolute atomic E-state index is 0.0865. The predicted molar refractivity (Wildman–Crippen MR) is 139 cm³/mol. The number of unbranched alkanes of at least 4 members (excludes halogenated alkanes) is 1. The summed E-state index contributed by atoms with van der Waals surface area (Å²) in [6.45, 7) is 7.75. The van der Waals surface area contributed by atoms with Gasteiger partial charge in [-0.2, -0.15) is 0 Å². The normalized spacial score (nSPS) is 15.3. The number of hydrogen-bond acceptors (Lipinski definition) is 6. The number of carbonyl (C=O) groups excluding carboxylic acids is 3. The second kappa shape index (κ2) is 12.0. The number of nitrogens with zero attached hydrogens (tertiary/aromatic N) is 2. The molecular weight excluding hydrogens is 478 g/mol. The molecule has 1 aliphatic heterocycles. The van der Waals surface area contributed by atoms with Gasteiger partial charge in [0.2, 0.25) is 0 Å². The van der Waals surface area contributed by atoms with Crippen LogP contribution in [0.5, 0.6) is 0 Å². The number of non-ortho nitro benzene ring substituents is 1. The molecule has 11 heteroatoms. The van der Waals surface area contributed by atoms with Crippen LogP contribution in [0, 0.1) is 10.1 Å². The average Bonchev–Trinajstić information content (AvgIpc) is 2.83. The molecule has 11 nitrogen and oxygen atoms in total. The lowest BCUT2D eigenvalue weighted by molar-refractivity contribution is -0.384. The highest BCUT2D eigenvalue weighted by molar-refractivity contribution is 6.00. The van der Waals surface area contributed by atoms with Gasteiger partial charge >= 0.3 is 18.0 Å².